The van der Waals surface area contributed by atoms with Crippen molar-refractivity contribution in [3.8, 4) is 0 Å². The topological polar surface area (TPSA) is 46.3 Å². The molecule has 0 aromatic rings. The predicted molar refractivity (Wildman–Crippen MR) is 59.9 cm³/mol. The van der Waals surface area contributed by atoms with Crippen molar-refractivity contribution >= 4 is 5.91 Å². The molecule has 2 N–H and O–H groups in total. The molecule has 1 atom stereocenters. The quantitative estimate of drug-likeness (QED) is 0.730. The van der Waals surface area contributed by atoms with Crippen LogP contribution in [0.4, 0.5) is 0 Å². The van der Waals surface area contributed by atoms with E-state index in [9.17, 15) is 4.79 Å². The molecule has 0 spiro atoms. The van der Waals surface area contributed by atoms with Crippen LogP contribution in [-0.4, -0.2) is 30.4 Å². The molecule has 0 saturated heterocycles. The van der Waals surface area contributed by atoms with Gasteiger partial charge in [0, 0.05) is 25.6 Å². The second-order valence-corrected chi connectivity index (χ2v) is 4.61. The van der Waals surface area contributed by atoms with Crippen LogP contribution >= 0.6 is 0 Å². The van der Waals surface area contributed by atoms with Crippen molar-refractivity contribution in [2.45, 2.75) is 40.2 Å². The molecule has 0 heterocycles. The molecule has 0 aromatic heterocycles. The average Bonchev–Trinajstić information content (AvgIpc) is 2.11. The first-order valence-corrected chi connectivity index (χ1v) is 5.36. The predicted octanol–water partition coefficient (Wildman–Crippen LogP) is 1.47. The summed E-state index contributed by atoms with van der Waals surface area (Å²) in [5.74, 6) is 0.758. The van der Waals surface area contributed by atoms with E-state index >= 15 is 0 Å². The Balaban J connectivity index is 3.85. The van der Waals surface area contributed by atoms with Gasteiger partial charge in [-0.05, 0) is 12.3 Å². The lowest BCUT2D eigenvalue weighted by atomic mass is 10.0. The van der Waals surface area contributed by atoms with Gasteiger partial charge in [0.15, 0.2) is 0 Å². The fourth-order valence-electron chi connectivity index (χ4n) is 1.23. The largest absolute Gasteiger partial charge is 0.345 e. The van der Waals surface area contributed by atoms with Gasteiger partial charge in [0.1, 0.15) is 0 Å². The minimum atomic E-state index is 0.0790. The van der Waals surface area contributed by atoms with Crippen LogP contribution in [0.15, 0.2) is 0 Å². The van der Waals surface area contributed by atoms with E-state index in [1.165, 1.54) is 0 Å². The molecule has 84 valence electrons. The number of nitrogens with two attached hydrogens (primary N) is 1. The molecule has 3 nitrogen and oxygen atoms in total. The number of carbonyl (C=O) groups is 1. The maximum Gasteiger partial charge on any atom is 0.224 e. The minimum absolute atomic E-state index is 0.0790. The smallest absolute Gasteiger partial charge is 0.224 e. The SMILES string of the molecule is CC(C)C(=O)N(C)CC[C@@H](N)C(C)C. The van der Waals surface area contributed by atoms with Crippen LogP contribution in [0.1, 0.15) is 34.1 Å². The Morgan fingerprint density at radius 2 is 1.79 bits per heavy atom. The second-order valence-electron chi connectivity index (χ2n) is 4.61. The molecule has 0 aliphatic rings. The summed E-state index contributed by atoms with van der Waals surface area (Å²) >= 11 is 0. The Kier molecular flexibility index (Phi) is 5.77. The molecular weight excluding hydrogens is 176 g/mol. The number of hydrogen-bond acceptors (Lipinski definition) is 2. The Morgan fingerprint density at radius 1 is 1.29 bits per heavy atom. The fraction of sp³-hybridized carbons (Fsp3) is 0.909. The van der Waals surface area contributed by atoms with Crippen molar-refractivity contribution in [1.82, 2.24) is 4.90 Å². The summed E-state index contributed by atoms with van der Waals surface area (Å²) in [5.41, 5.74) is 5.90. The highest BCUT2D eigenvalue weighted by Gasteiger charge is 2.14. The van der Waals surface area contributed by atoms with E-state index in [-0.39, 0.29) is 17.9 Å². The van der Waals surface area contributed by atoms with Gasteiger partial charge in [0.05, 0.1) is 0 Å². The van der Waals surface area contributed by atoms with Crippen LogP contribution in [0, 0.1) is 11.8 Å². The average molecular weight is 200 g/mol. The first-order chi connectivity index (χ1) is 6.36. The second kappa shape index (κ2) is 6.02. The van der Waals surface area contributed by atoms with Gasteiger partial charge >= 0.3 is 0 Å². The van der Waals surface area contributed by atoms with E-state index in [4.69, 9.17) is 5.73 Å². The van der Waals surface area contributed by atoms with E-state index in [1.54, 1.807) is 4.90 Å². The van der Waals surface area contributed by atoms with Gasteiger partial charge in [-0.15, -0.1) is 0 Å². The molecule has 1 amide bonds. The van der Waals surface area contributed by atoms with E-state index in [1.807, 2.05) is 20.9 Å². The summed E-state index contributed by atoms with van der Waals surface area (Å²) in [7, 11) is 1.84. The van der Waals surface area contributed by atoms with E-state index in [0.717, 1.165) is 13.0 Å². The van der Waals surface area contributed by atoms with Crippen molar-refractivity contribution < 1.29 is 4.79 Å². The lowest BCUT2D eigenvalue weighted by Gasteiger charge is -2.22. The summed E-state index contributed by atoms with van der Waals surface area (Å²) in [6, 6.07) is 0.192. The van der Waals surface area contributed by atoms with Crippen LogP contribution in [0.2, 0.25) is 0 Å². The molecule has 0 bridgehead atoms. The number of nitrogens with zero attached hydrogens (tertiary/aromatic N) is 1. The van der Waals surface area contributed by atoms with Gasteiger partial charge < -0.3 is 10.6 Å². The summed E-state index contributed by atoms with van der Waals surface area (Å²) < 4.78 is 0. The Labute approximate surface area is 87.6 Å². The van der Waals surface area contributed by atoms with Gasteiger partial charge in [-0.25, -0.2) is 0 Å². The molecule has 0 aliphatic carbocycles. The van der Waals surface area contributed by atoms with Crippen molar-refractivity contribution in [2.24, 2.45) is 17.6 Å². The molecule has 0 aromatic carbocycles. The number of carbonyl (C=O) groups excluding carboxylic acids is 1. The third-order valence-electron chi connectivity index (χ3n) is 2.52. The van der Waals surface area contributed by atoms with Gasteiger partial charge in [-0.2, -0.15) is 0 Å². The van der Waals surface area contributed by atoms with Gasteiger partial charge in [-0.1, -0.05) is 27.7 Å². The van der Waals surface area contributed by atoms with Crippen LogP contribution in [0.3, 0.4) is 0 Å². The van der Waals surface area contributed by atoms with Crippen LogP contribution < -0.4 is 5.73 Å². The van der Waals surface area contributed by atoms with Crippen molar-refractivity contribution in [3.63, 3.8) is 0 Å². The molecule has 0 saturated carbocycles. The Morgan fingerprint density at radius 3 is 2.14 bits per heavy atom. The van der Waals surface area contributed by atoms with Gasteiger partial charge in [0.2, 0.25) is 5.91 Å². The maximum absolute atomic E-state index is 11.5. The third-order valence-corrected chi connectivity index (χ3v) is 2.52. The molecule has 0 rings (SSSR count). The molecule has 3 heteroatoms. The number of amides is 1. The van der Waals surface area contributed by atoms with Crippen molar-refractivity contribution in [2.75, 3.05) is 13.6 Å². The monoisotopic (exact) mass is 200 g/mol. The Hall–Kier alpha value is -0.570. The number of rotatable bonds is 5. The van der Waals surface area contributed by atoms with Crippen molar-refractivity contribution in [1.29, 1.82) is 0 Å². The Bertz CT molecular complexity index is 178. The maximum atomic E-state index is 11.5. The first-order valence-electron chi connectivity index (χ1n) is 5.36. The van der Waals surface area contributed by atoms with Crippen LogP contribution in [0.5, 0.6) is 0 Å². The van der Waals surface area contributed by atoms with Crippen LogP contribution in [-0.2, 0) is 4.79 Å². The summed E-state index contributed by atoms with van der Waals surface area (Å²) in [6.45, 7) is 8.81. The van der Waals surface area contributed by atoms with E-state index in [2.05, 4.69) is 13.8 Å². The summed E-state index contributed by atoms with van der Waals surface area (Å²) in [6.07, 6.45) is 0.882. The summed E-state index contributed by atoms with van der Waals surface area (Å²) in [4.78, 5) is 13.3. The minimum Gasteiger partial charge on any atom is -0.345 e. The summed E-state index contributed by atoms with van der Waals surface area (Å²) in [5, 5.41) is 0. The number of hydrogen-bond donors (Lipinski definition) is 1. The zero-order valence-corrected chi connectivity index (χ0v) is 10.1. The highest BCUT2D eigenvalue weighted by molar-refractivity contribution is 5.77. The van der Waals surface area contributed by atoms with E-state index < -0.39 is 0 Å². The highest BCUT2D eigenvalue weighted by Crippen LogP contribution is 2.05. The lowest BCUT2D eigenvalue weighted by Crippen LogP contribution is -2.36. The molecule has 14 heavy (non-hydrogen) atoms. The third kappa shape index (κ3) is 4.61. The molecule has 0 unspecified atom stereocenters. The van der Waals surface area contributed by atoms with Gasteiger partial charge in [-0.3, -0.25) is 4.79 Å². The van der Waals surface area contributed by atoms with Crippen LogP contribution in [0.25, 0.3) is 0 Å². The molecule has 0 aliphatic heterocycles. The zero-order chi connectivity index (χ0) is 11.3. The molecule has 0 fully saturated rings. The normalized spacial score (nSPS) is 13.4. The lowest BCUT2D eigenvalue weighted by molar-refractivity contribution is -0.133. The van der Waals surface area contributed by atoms with E-state index in [0.29, 0.717) is 5.92 Å². The highest BCUT2D eigenvalue weighted by atomic mass is 16.2. The first kappa shape index (κ1) is 13.4. The fourth-order valence-corrected chi connectivity index (χ4v) is 1.23. The van der Waals surface area contributed by atoms with Gasteiger partial charge in [0.25, 0.3) is 0 Å². The molecule has 0 radical (unpaired) electrons. The molecular formula is C11H24N2O. The standard InChI is InChI=1S/C11H24N2O/c1-8(2)10(12)6-7-13(5)11(14)9(3)4/h8-10H,6-7,12H2,1-5H3/t10-/m1/s1. The zero-order valence-electron chi connectivity index (χ0n) is 10.1. The van der Waals surface area contributed by atoms with Crippen molar-refractivity contribution in [3.05, 3.63) is 0 Å².